The average molecular weight is 570 g/mol. The third-order valence-electron chi connectivity index (χ3n) is 10.2. The highest BCUT2D eigenvalue weighted by atomic mass is 19.1. The monoisotopic (exact) mass is 569 g/mol. The molecule has 220 valence electrons. The summed E-state index contributed by atoms with van der Waals surface area (Å²) in [5.41, 5.74) is 6.19. The molecule has 1 spiro atoms. The summed E-state index contributed by atoms with van der Waals surface area (Å²) in [6, 6.07) is 14.2. The van der Waals surface area contributed by atoms with E-state index in [1.54, 1.807) is 20.1 Å². The fourth-order valence-electron chi connectivity index (χ4n) is 7.33. The number of pyridine rings is 1. The summed E-state index contributed by atoms with van der Waals surface area (Å²) in [5.74, 6) is -0.347. The molecule has 2 saturated carbocycles. The van der Waals surface area contributed by atoms with E-state index < -0.39 is 11.9 Å². The number of likely N-dealkylation sites (tertiary alicyclic amines) is 1. The predicted molar refractivity (Wildman–Crippen MR) is 156 cm³/mol. The molecule has 0 N–H and O–H groups in total. The van der Waals surface area contributed by atoms with E-state index in [1.165, 1.54) is 25.5 Å². The van der Waals surface area contributed by atoms with Crippen LogP contribution in [0.25, 0.3) is 11.1 Å². The van der Waals surface area contributed by atoms with Crippen molar-refractivity contribution >= 4 is 5.97 Å². The summed E-state index contributed by atoms with van der Waals surface area (Å²) < 4.78 is 27.1. The van der Waals surface area contributed by atoms with Crippen molar-refractivity contribution in [3.63, 3.8) is 0 Å². The minimum atomic E-state index is -0.995. The van der Waals surface area contributed by atoms with Gasteiger partial charge in [-0.05, 0) is 103 Å². The first-order valence-corrected chi connectivity index (χ1v) is 15.4. The third-order valence-corrected chi connectivity index (χ3v) is 10.2. The maximum atomic E-state index is 15.1. The first-order chi connectivity index (χ1) is 20.3. The standard InChI is InChI=1S/C35H39FN2O4/c1-21(34(39)40)33(23-4-5-23)25-6-3-22-8-10-30(42-31(22)16-25)24-7-9-27(28-17-32(41-2)37-18-29(28)36)26(15-24)19-38-14-13-35(20-38)11-12-35/h3,6-7,9,15-18,21,23,30,33H,4-5,8,10-14,19-20H2,1-2H3,(H,39,40)/p-1/t21-,30?,33-/m0/s1. The van der Waals surface area contributed by atoms with Crippen LogP contribution in [0.5, 0.6) is 11.6 Å². The molecule has 3 aromatic rings. The minimum absolute atomic E-state index is 0.0577. The van der Waals surface area contributed by atoms with Crippen molar-refractivity contribution in [1.29, 1.82) is 0 Å². The summed E-state index contributed by atoms with van der Waals surface area (Å²) in [7, 11) is 1.54. The molecule has 0 radical (unpaired) electrons. The number of carbonyl (C=O) groups excluding carboxylic acids is 1. The van der Waals surface area contributed by atoms with Gasteiger partial charge in [0.2, 0.25) is 5.88 Å². The van der Waals surface area contributed by atoms with Crippen molar-refractivity contribution in [1.82, 2.24) is 9.88 Å². The highest BCUT2D eigenvalue weighted by molar-refractivity contribution is 5.70. The lowest BCUT2D eigenvalue weighted by Gasteiger charge is -2.30. The van der Waals surface area contributed by atoms with Crippen molar-refractivity contribution < 1.29 is 23.8 Å². The van der Waals surface area contributed by atoms with Crippen LogP contribution in [0.2, 0.25) is 0 Å². The highest BCUT2D eigenvalue weighted by Crippen LogP contribution is 2.53. The Morgan fingerprint density at radius 1 is 1.14 bits per heavy atom. The molecular weight excluding hydrogens is 531 g/mol. The Kier molecular flexibility index (Phi) is 6.96. The zero-order valence-corrected chi connectivity index (χ0v) is 24.4. The highest BCUT2D eigenvalue weighted by Gasteiger charge is 2.47. The SMILES string of the molecule is COc1cc(-c2ccc(C3CCc4ccc([C@H](C5CC5)[C@H](C)C(=O)[O-])cc4O3)cc2CN2CCC3(CC3)C2)c(F)cn1. The van der Waals surface area contributed by atoms with Crippen LogP contribution in [0.3, 0.4) is 0 Å². The van der Waals surface area contributed by atoms with E-state index in [0.29, 0.717) is 22.8 Å². The lowest BCUT2D eigenvalue weighted by atomic mass is 9.82. The second-order valence-electron chi connectivity index (χ2n) is 13.1. The van der Waals surface area contributed by atoms with E-state index in [4.69, 9.17) is 9.47 Å². The Morgan fingerprint density at radius 2 is 1.98 bits per heavy atom. The Balaban J connectivity index is 1.20. The van der Waals surface area contributed by atoms with E-state index in [2.05, 4.69) is 40.2 Å². The van der Waals surface area contributed by atoms with Crippen LogP contribution in [0.15, 0.2) is 48.7 Å². The van der Waals surface area contributed by atoms with Gasteiger partial charge in [-0.1, -0.05) is 37.3 Å². The van der Waals surface area contributed by atoms with Gasteiger partial charge in [0.1, 0.15) is 17.7 Å². The summed E-state index contributed by atoms with van der Waals surface area (Å²) >= 11 is 0. The van der Waals surface area contributed by atoms with E-state index in [9.17, 15) is 9.90 Å². The van der Waals surface area contributed by atoms with Gasteiger partial charge in [-0.25, -0.2) is 9.37 Å². The van der Waals surface area contributed by atoms with Gasteiger partial charge in [0.25, 0.3) is 0 Å². The fraction of sp³-hybridized carbons (Fsp3) is 0.486. The number of rotatable bonds is 9. The van der Waals surface area contributed by atoms with Gasteiger partial charge >= 0.3 is 0 Å². The summed E-state index contributed by atoms with van der Waals surface area (Å²) in [5, 5.41) is 11.8. The van der Waals surface area contributed by atoms with Gasteiger partial charge < -0.3 is 19.4 Å². The van der Waals surface area contributed by atoms with E-state index >= 15 is 4.39 Å². The van der Waals surface area contributed by atoms with Crippen LogP contribution >= 0.6 is 0 Å². The molecule has 42 heavy (non-hydrogen) atoms. The topological polar surface area (TPSA) is 74.7 Å². The maximum absolute atomic E-state index is 15.1. The summed E-state index contributed by atoms with van der Waals surface area (Å²) in [6.07, 6.45) is 8.80. The lowest BCUT2D eigenvalue weighted by molar-refractivity contribution is -0.311. The molecule has 3 atom stereocenters. The molecule has 6 nitrogen and oxygen atoms in total. The summed E-state index contributed by atoms with van der Waals surface area (Å²) in [4.78, 5) is 18.3. The van der Waals surface area contributed by atoms with Crippen molar-refractivity contribution in [2.45, 2.75) is 70.4 Å². The number of aliphatic carboxylic acids is 1. The van der Waals surface area contributed by atoms with Crippen LogP contribution in [0.1, 0.15) is 79.7 Å². The van der Waals surface area contributed by atoms with Crippen LogP contribution < -0.4 is 14.6 Å². The molecule has 0 amide bonds. The van der Waals surface area contributed by atoms with Crippen molar-refractivity contribution in [3.05, 3.63) is 76.7 Å². The van der Waals surface area contributed by atoms with Crippen LogP contribution in [-0.2, 0) is 17.8 Å². The Morgan fingerprint density at radius 3 is 2.69 bits per heavy atom. The number of carboxylic acid groups (broad SMARTS) is 1. The van der Waals surface area contributed by atoms with Gasteiger partial charge in [-0.2, -0.15) is 0 Å². The average Bonchev–Trinajstić information content (AvgIpc) is 3.92. The third kappa shape index (κ3) is 5.28. The number of aromatic nitrogens is 1. The minimum Gasteiger partial charge on any atom is -0.550 e. The molecule has 2 aromatic carbocycles. The molecule has 1 saturated heterocycles. The zero-order valence-electron chi connectivity index (χ0n) is 24.4. The number of ether oxygens (including phenoxy) is 2. The normalized spacial score (nSPS) is 22.3. The number of halogens is 1. The van der Waals surface area contributed by atoms with Crippen LogP contribution in [0, 0.1) is 23.1 Å². The molecule has 3 fully saturated rings. The Bertz CT molecular complexity index is 1510. The number of carboxylic acids is 1. The van der Waals surface area contributed by atoms with E-state index in [-0.39, 0.29) is 17.8 Å². The fourth-order valence-corrected chi connectivity index (χ4v) is 7.33. The van der Waals surface area contributed by atoms with E-state index in [0.717, 1.165) is 78.9 Å². The zero-order chi connectivity index (χ0) is 29.0. The van der Waals surface area contributed by atoms with Gasteiger partial charge in [-0.3, -0.25) is 4.90 Å². The molecule has 4 aliphatic rings. The molecule has 2 aliphatic carbocycles. The van der Waals surface area contributed by atoms with Crippen molar-refractivity contribution in [2.24, 2.45) is 17.3 Å². The molecular formula is C35H38FN2O4-. The number of hydrogen-bond acceptors (Lipinski definition) is 6. The second kappa shape index (κ2) is 10.7. The molecule has 0 bridgehead atoms. The molecule has 1 aromatic heterocycles. The quantitative estimate of drug-likeness (QED) is 0.323. The van der Waals surface area contributed by atoms with Gasteiger partial charge in [-0.15, -0.1) is 0 Å². The molecule has 7 rings (SSSR count). The maximum Gasteiger partial charge on any atom is 0.213 e. The van der Waals surface area contributed by atoms with Gasteiger partial charge in [0, 0.05) is 36.6 Å². The first kappa shape index (κ1) is 27.4. The Hall–Kier alpha value is -3.45. The number of benzene rings is 2. The first-order valence-electron chi connectivity index (χ1n) is 15.4. The lowest BCUT2D eigenvalue weighted by Crippen LogP contribution is -2.34. The largest absolute Gasteiger partial charge is 0.550 e. The molecule has 7 heteroatoms. The van der Waals surface area contributed by atoms with Crippen LogP contribution in [0.4, 0.5) is 4.39 Å². The predicted octanol–water partition coefficient (Wildman–Crippen LogP) is 5.83. The smallest absolute Gasteiger partial charge is 0.213 e. The summed E-state index contributed by atoms with van der Waals surface area (Å²) in [6.45, 7) is 4.68. The van der Waals surface area contributed by atoms with Crippen molar-refractivity contribution in [3.8, 4) is 22.8 Å². The number of carbonyl (C=O) groups is 1. The van der Waals surface area contributed by atoms with Crippen LogP contribution in [-0.4, -0.2) is 36.1 Å². The number of nitrogens with zero attached hydrogens (tertiary/aromatic N) is 2. The Labute approximate surface area is 246 Å². The number of fused-ring (bicyclic) bond motifs is 1. The van der Waals surface area contributed by atoms with Gasteiger partial charge in [0.05, 0.1) is 13.3 Å². The number of aryl methyl sites for hydroxylation is 1. The van der Waals surface area contributed by atoms with E-state index in [1.807, 2.05) is 6.07 Å². The molecule has 3 heterocycles. The number of methoxy groups -OCH3 is 1. The number of hydrogen-bond donors (Lipinski definition) is 0. The second-order valence-corrected chi connectivity index (χ2v) is 13.1. The van der Waals surface area contributed by atoms with Crippen molar-refractivity contribution in [2.75, 3.05) is 20.2 Å². The van der Waals surface area contributed by atoms with Gasteiger partial charge in [0.15, 0.2) is 0 Å². The molecule has 2 aliphatic heterocycles. The molecule has 1 unspecified atom stereocenters.